The normalized spacial score (nSPS) is 14.0. The van der Waals surface area contributed by atoms with Crippen LogP contribution >= 0.6 is 22.9 Å². The zero-order valence-electron chi connectivity index (χ0n) is 13.9. The summed E-state index contributed by atoms with van der Waals surface area (Å²) >= 11 is 8.23. The zero-order chi connectivity index (χ0) is 16.5. The monoisotopic (exact) mass is 350 g/mol. The van der Waals surface area contributed by atoms with Gasteiger partial charge in [-0.15, -0.1) is 17.8 Å². The first-order chi connectivity index (χ1) is 10.2. The second-order valence-electron chi connectivity index (χ2n) is 7.07. The van der Waals surface area contributed by atoms with Crippen LogP contribution in [0.5, 0.6) is 0 Å². The molecule has 1 heterocycles. The first kappa shape index (κ1) is 17.6. The van der Waals surface area contributed by atoms with Crippen molar-refractivity contribution in [3.63, 3.8) is 0 Å². The van der Waals surface area contributed by atoms with Gasteiger partial charge in [-0.3, -0.25) is 0 Å². The van der Waals surface area contributed by atoms with Gasteiger partial charge in [0.15, 0.2) is 8.32 Å². The van der Waals surface area contributed by atoms with E-state index in [-0.39, 0.29) is 11.1 Å². The number of halogens is 1. The van der Waals surface area contributed by atoms with Gasteiger partial charge in [-0.05, 0) is 24.2 Å². The summed E-state index contributed by atoms with van der Waals surface area (Å²) in [5, 5.41) is 2.07. The number of terminal acetylenes is 1. The second kappa shape index (κ2) is 6.37. The van der Waals surface area contributed by atoms with Crippen molar-refractivity contribution < 1.29 is 4.43 Å². The van der Waals surface area contributed by atoms with E-state index >= 15 is 0 Å². The van der Waals surface area contributed by atoms with Gasteiger partial charge in [0.05, 0.1) is 5.02 Å². The Bertz CT molecular complexity index is 706. The summed E-state index contributed by atoms with van der Waals surface area (Å²) in [5.74, 6) is 2.81. The number of rotatable bonds is 4. The van der Waals surface area contributed by atoms with E-state index in [9.17, 15) is 0 Å². The van der Waals surface area contributed by atoms with Gasteiger partial charge in [-0.25, -0.2) is 0 Å². The van der Waals surface area contributed by atoms with Crippen LogP contribution < -0.4 is 0 Å². The predicted octanol–water partition coefficient (Wildman–Crippen LogP) is 6.12. The standard InChI is InChI=1S/C18H23ClOSSi/c1-7-13(20-22(5,6)18(2,3)4)12-16-17(19)14-10-8-9-11-15(14)21-16/h1,8-11,13H,12H2,2-6H3. The summed E-state index contributed by atoms with van der Waals surface area (Å²) in [6.07, 6.45) is 6.19. The lowest BCUT2D eigenvalue weighted by Crippen LogP contribution is -2.44. The minimum atomic E-state index is -1.88. The molecule has 0 fully saturated rings. The summed E-state index contributed by atoms with van der Waals surface area (Å²) in [4.78, 5) is 1.12. The average Bonchev–Trinajstić information content (AvgIpc) is 2.74. The van der Waals surface area contributed by atoms with Crippen LogP contribution in [0.1, 0.15) is 25.6 Å². The Labute approximate surface area is 143 Å². The third kappa shape index (κ3) is 3.57. The van der Waals surface area contributed by atoms with E-state index in [2.05, 4.69) is 51.9 Å². The molecular formula is C18H23ClOSSi. The molecule has 1 nitrogen and oxygen atoms in total. The molecule has 0 saturated heterocycles. The maximum absolute atomic E-state index is 6.52. The quantitative estimate of drug-likeness (QED) is 0.476. The van der Waals surface area contributed by atoms with E-state index in [0.29, 0.717) is 6.42 Å². The van der Waals surface area contributed by atoms with Crippen molar-refractivity contribution in [2.24, 2.45) is 0 Å². The molecule has 0 saturated carbocycles. The van der Waals surface area contributed by atoms with Crippen LogP contribution in [-0.2, 0) is 10.8 Å². The van der Waals surface area contributed by atoms with E-state index in [1.54, 1.807) is 11.3 Å². The number of fused-ring (bicyclic) bond motifs is 1. The number of benzene rings is 1. The number of hydrogen-bond acceptors (Lipinski definition) is 2. The van der Waals surface area contributed by atoms with Crippen LogP contribution in [-0.4, -0.2) is 14.4 Å². The van der Waals surface area contributed by atoms with Crippen LogP contribution in [0.3, 0.4) is 0 Å². The molecule has 2 aromatic rings. The summed E-state index contributed by atoms with van der Waals surface area (Å²) in [7, 11) is -1.88. The third-order valence-corrected chi connectivity index (χ3v) is 10.6. The molecule has 1 aromatic carbocycles. The summed E-state index contributed by atoms with van der Waals surface area (Å²) in [5.41, 5.74) is 0. The largest absolute Gasteiger partial charge is 0.403 e. The van der Waals surface area contributed by atoms with E-state index < -0.39 is 8.32 Å². The maximum Gasteiger partial charge on any atom is 0.193 e. The van der Waals surface area contributed by atoms with Crippen molar-refractivity contribution in [2.75, 3.05) is 0 Å². The van der Waals surface area contributed by atoms with Crippen molar-refractivity contribution in [3.8, 4) is 12.3 Å². The Balaban J connectivity index is 2.23. The first-order valence-electron chi connectivity index (χ1n) is 7.45. The van der Waals surface area contributed by atoms with Gasteiger partial charge in [0.2, 0.25) is 0 Å². The Kier molecular flexibility index (Phi) is 5.08. The smallest absolute Gasteiger partial charge is 0.193 e. The molecule has 0 aliphatic carbocycles. The molecule has 0 bridgehead atoms. The van der Waals surface area contributed by atoms with Gasteiger partial charge in [0.1, 0.15) is 6.10 Å². The molecule has 1 atom stereocenters. The van der Waals surface area contributed by atoms with E-state index in [4.69, 9.17) is 22.5 Å². The molecule has 0 radical (unpaired) electrons. The Morgan fingerprint density at radius 2 is 1.95 bits per heavy atom. The Morgan fingerprint density at radius 3 is 2.50 bits per heavy atom. The highest BCUT2D eigenvalue weighted by molar-refractivity contribution is 7.19. The lowest BCUT2D eigenvalue weighted by molar-refractivity contribution is 0.235. The van der Waals surface area contributed by atoms with Crippen LogP contribution in [0, 0.1) is 12.3 Å². The van der Waals surface area contributed by atoms with E-state index in [1.807, 2.05) is 12.1 Å². The Morgan fingerprint density at radius 1 is 1.32 bits per heavy atom. The molecule has 118 valence electrons. The van der Waals surface area contributed by atoms with Gasteiger partial charge in [0.25, 0.3) is 0 Å². The van der Waals surface area contributed by atoms with E-state index in [1.165, 1.54) is 4.70 Å². The maximum atomic E-state index is 6.52. The molecule has 0 N–H and O–H groups in total. The van der Waals surface area contributed by atoms with Crippen molar-refractivity contribution in [2.45, 2.75) is 51.4 Å². The predicted molar refractivity (Wildman–Crippen MR) is 101 cm³/mol. The van der Waals surface area contributed by atoms with Gasteiger partial charge < -0.3 is 4.43 Å². The van der Waals surface area contributed by atoms with Crippen LogP contribution in [0.4, 0.5) is 0 Å². The average molecular weight is 351 g/mol. The third-order valence-electron chi connectivity index (χ3n) is 4.40. The van der Waals surface area contributed by atoms with Gasteiger partial charge in [-0.1, -0.05) is 56.5 Å². The molecule has 0 aliphatic rings. The second-order valence-corrected chi connectivity index (χ2v) is 13.3. The lowest BCUT2D eigenvalue weighted by atomic mass is 10.2. The van der Waals surface area contributed by atoms with Crippen LogP contribution in [0.2, 0.25) is 23.2 Å². The molecule has 4 heteroatoms. The molecule has 0 amide bonds. The molecular weight excluding hydrogens is 328 g/mol. The van der Waals surface area contributed by atoms with Crippen LogP contribution in [0.25, 0.3) is 10.1 Å². The number of thiophene rings is 1. The van der Waals surface area contributed by atoms with Crippen LogP contribution in [0.15, 0.2) is 24.3 Å². The minimum absolute atomic E-state index is 0.145. The van der Waals surface area contributed by atoms with E-state index in [0.717, 1.165) is 15.3 Å². The highest BCUT2D eigenvalue weighted by atomic mass is 35.5. The summed E-state index contributed by atoms with van der Waals surface area (Å²) in [6, 6.07) is 8.19. The molecule has 22 heavy (non-hydrogen) atoms. The molecule has 1 unspecified atom stereocenters. The molecule has 1 aromatic heterocycles. The topological polar surface area (TPSA) is 9.23 Å². The van der Waals surface area contributed by atoms with Crippen molar-refractivity contribution >= 4 is 41.3 Å². The van der Waals surface area contributed by atoms with Crippen molar-refractivity contribution in [3.05, 3.63) is 34.2 Å². The van der Waals surface area contributed by atoms with Gasteiger partial charge >= 0.3 is 0 Å². The molecule has 2 rings (SSSR count). The number of hydrogen-bond donors (Lipinski definition) is 0. The fourth-order valence-electron chi connectivity index (χ4n) is 2.03. The highest BCUT2D eigenvalue weighted by Crippen LogP contribution is 2.39. The summed E-state index contributed by atoms with van der Waals surface area (Å²) in [6.45, 7) is 11.1. The Hall–Kier alpha value is -0.793. The molecule has 0 spiro atoms. The first-order valence-corrected chi connectivity index (χ1v) is 11.6. The summed E-state index contributed by atoms with van der Waals surface area (Å²) < 4.78 is 7.56. The minimum Gasteiger partial charge on any atom is -0.403 e. The fraction of sp³-hybridized carbons (Fsp3) is 0.444. The lowest BCUT2D eigenvalue weighted by Gasteiger charge is -2.38. The molecule has 0 aliphatic heterocycles. The highest BCUT2D eigenvalue weighted by Gasteiger charge is 2.39. The SMILES string of the molecule is C#CC(Cc1sc2ccccc2c1Cl)O[Si](C)(C)C(C)(C)C. The van der Waals surface area contributed by atoms with Gasteiger partial charge in [0, 0.05) is 21.4 Å². The zero-order valence-corrected chi connectivity index (χ0v) is 16.4. The van der Waals surface area contributed by atoms with Gasteiger partial charge in [-0.2, -0.15) is 0 Å². The van der Waals surface area contributed by atoms with Crippen molar-refractivity contribution in [1.29, 1.82) is 0 Å². The van der Waals surface area contributed by atoms with Crippen molar-refractivity contribution in [1.82, 2.24) is 0 Å². The fourth-order valence-corrected chi connectivity index (χ4v) is 4.79.